The molecule has 12 heavy (non-hydrogen) atoms. The van der Waals surface area contributed by atoms with Crippen LogP contribution in [0.5, 0.6) is 0 Å². The van der Waals surface area contributed by atoms with Gasteiger partial charge in [0.15, 0.2) is 0 Å². The third-order valence-corrected chi connectivity index (χ3v) is 2.95. The fraction of sp³-hybridized carbons (Fsp3) is 0.375. The van der Waals surface area contributed by atoms with Gasteiger partial charge in [-0.2, -0.15) is 0 Å². The van der Waals surface area contributed by atoms with Gasteiger partial charge in [-0.3, -0.25) is 4.79 Å². The van der Waals surface area contributed by atoms with Crippen molar-refractivity contribution in [3.05, 3.63) is 22.4 Å². The highest BCUT2D eigenvalue weighted by atomic mass is 79.9. The topological polar surface area (TPSA) is 42.2 Å². The van der Waals surface area contributed by atoms with E-state index in [9.17, 15) is 4.79 Å². The average Bonchev–Trinajstić information content (AvgIpc) is 2.53. The Morgan fingerprint density at radius 1 is 1.67 bits per heavy atom. The zero-order valence-corrected chi connectivity index (χ0v) is 7.91. The third kappa shape index (κ3) is 0.982. The molecular weight excluding hydrogens is 222 g/mol. The van der Waals surface area contributed by atoms with Crippen molar-refractivity contribution in [3.63, 3.8) is 0 Å². The van der Waals surface area contributed by atoms with Crippen LogP contribution < -0.4 is 0 Å². The summed E-state index contributed by atoms with van der Waals surface area (Å²) in [5, 5.41) is 8.84. The fourth-order valence-electron chi connectivity index (χ4n) is 1.65. The second kappa shape index (κ2) is 2.62. The molecule has 64 valence electrons. The maximum atomic E-state index is 10.7. The molecule has 1 aromatic rings. The van der Waals surface area contributed by atoms with E-state index in [2.05, 4.69) is 15.9 Å². The van der Waals surface area contributed by atoms with Gasteiger partial charge in [-0.05, 0) is 34.5 Å². The van der Waals surface area contributed by atoms with Crippen LogP contribution in [-0.2, 0) is 11.3 Å². The van der Waals surface area contributed by atoms with Crippen molar-refractivity contribution >= 4 is 21.9 Å². The number of carboxylic acid groups (broad SMARTS) is 1. The van der Waals surface area contributed by atoms with E-state index in [4.69, 9.17) is 5.11 Å². The molecule has 0 saturated heterocycles. The van der Waals surface area contributed by atoms with Gasteiger partial charge in [0.25, 0.3) is 0 Å². The number of nitrogens with zero attached hydrogens (tertiary/aromatic N) is 1. The molecule has 0 bridgehead atoms. The summed E-state index contributed by atoms with van der Waals surface area (Å²) in [6.07, 6.45) is 0.712. The minimum Gasteiger partial charge on any atom is -0.481 e. The molecule has 0 radical (unpaired) electrons. The molecule has 1 atom stereocenters. The number of hydrogen-bond acceptors (Lipinski definition) is 1. The van der Waals surface area contributed by atoms with Crippen LogP contribution in [0.3, 0.4) is 0 Å². The van der Waals surface area contributed by atoms with E-state index < -0.39 is 5.97 Å². The highest BCUT2D eigenvalue weighted by Gasteiger charge is 2.29. The van der Waals surface area contributed by atoms with Crippen molar-refractivity contribution < 1.29 is 9.90 Å². The molecule has 2 rings (SSSR count). The highest BCUT2D eigenvalue weighted by Crippen LogP contribution is 2.32. The van der Waals surface area contributed by atoms with Crippen LogP contribution in [0.2, 0.25) is 0 Å². The SMILES string of the molecule is O=C(O)C1CCn2c(Br)ccc21. The minimum absolute atomic E-state index is 0.309. The van der Waals surface area contributed by atoms with Crippen LogP contribution in [0.25, 0.3) is 0 Å². The lowest BCUT2D eigenvalue weighted by Gasteiger charge is -2.00. The quantitative estimate of drug-likeness (QED) is 0.799. The normalized spacial score (nSPS) is 20.9. The predicted octanol–water partition coefficient (Wildman–Crippen LogP) is 1.82. The molecular formula is C8H8BrNO2. The lowest BCUT2D eigenvalue weighted by Crippen LogP contribution is -2.07. The number of fused-ring (bicyclic) bond motifs is 1. The molecule has 3 nitrogen and oxygen atoms in total. The summed E-state index contributed by atoms with van der Waals surface area (Å²) in [6, 6.07) is 3.76. The van der Waals surface area contributed by atoms with Gasteiger partial charge < -0.3 is 9.67 Å². The molecule has 4 heteroatoms. The summed E-state index contributed by atoms with van der Waals surface area (Å²) in [5.41, 5.74) is 0.911. The largest absolute Gasteiger partial charge is 0.481 e. The number of aliphatic carboxylic acids is 1. The lowest BCUT2D eigenvalue weighted by molar-refractivity contribution is -0.138. The van der Waals surface area contributed by atoms with E-state index in [0.717, 1.165) is 16.8 Å². The first-order valence-corrected chi connectivity index (χ1v) is 4.57. The summed E-state index contributed by atoms with van der Waals surface area (Å²) >= 11 is 3.36. The summed E-state index contributed by atoms with van der Waals surface area (Å²) in [7, 11) is 0. The van der Waals surface area contributed by atoms with Crippen LogP contribution in [-0.4, -0.2) is 15.6 Å². The Balaban J connectivity index is 2.43. The lowest BCUT2D eigenvalue weighted by atomic mass is 10.1. The number of carbonyl (C=O) groups is 1. The first kappa shape index (κ1) is 7.86. The second-order valence-electron chi connectivity index (χ2n) is 2.91. The van der Waals surface area contributed by atoms with Crippen molar-refractivity contribution in [2.45, 2.75) is 18.9 Å². The molecule has 1 aliphatic heterocycles. The predicted molar refractivity (Wildman–Crippen MR) is 47.1 cm³/mol. The van der Waals surface area contributed by atoms with E-state index >= 15 is 0 Å². The van der Waals surface area contributed by atoms with Crippen LogP contribution in [0.4, 0.5) is 0 Å². The molecule has 1 N–H and O–H groups in total. The summed E-state index contributed by atoms with van der Waals surface area (Å²) in [5.74, 6) is -1.03. The van der Waals surface area contributed by atoms with E-state index in [1.54, 1.807) is 0 Å². The summed E-state index contributed by atoms with van der Waals surface area (Å²) in [4.78, 5) is 10.7. The molecule has 1 aromatic heterocycles. The Hall–Kier alpha value is -0.770. The van der Waals surface area contributed by atoms with Gasteiger partial charge in [0, 0.05) is 12.2 Å². The molecule has 1 aliphatic rings. The Kier molecular flexibility index (Phi) is 1.72. The molecule has 1 unspecified atom stereocenters. The second-order valence-corrected chi connectivity index (χ2v) is 3.72. The van der Waals surface area contributed by atoms with E-state index in [0.29, 0.717) is 6.42 Å². The first-order valence-electron chi connectivity index (χ1n) is 3.78. The Morgan fingerprint density at radius 2 is 2.42 bits per heavy atom. The van der Waals surface area contributed by atoms with E-state index in [-0.39, 0.29) is 5.92 Å². The molecule has 0 fully saturated rings. The maximum Gasteiger partial charge on any atom is 0.312 e. The van der Waals surface area contributed by atoms with Crippen molar-refractivity contribution in [2.75, 3.05) is 0 Å². The van der Waals surface area contributed by atoms with Gasteiger partial charge in [-0.1, -0.05) is 0 Å². The first-order chi connectivity index (χ1) is 5.70. The van der Waals surface area contributed by atoms with Gasteiger partial charge in [-0.15, -0.1) is 0 Å². The van der Waals surface area contributed by atoms with Crippen molar-refractivity contribution in [1.82, 2.24) is 4.57 Å². The maximum absolute atomic E-state index is 10.7. The van der Waals surface area contributed by atoms with E-state index in [1.165, 1.54) is 0 Å². The summed E-state index contributed by atoms with van der Waals surface area (Å²) in [6.45, 7) is 0.805. The van der Waals surface area contributed by atoms with Crippen molar-refractivity contribution in [1.29, 1.82) is 0 Å². The van der Waals surface area contributed by atoms with Crippen LogP contribution in [0.1, 0.15) is 18.0 Å². The fourth-order valence-corrected chi connectivity index (χ4v) is 2.17. The van der Waals surface area contributed by atoms with Gasteiger partial charge in [0.05, 0.1) is 10.5 Å². The molecule has 0 spiro atoms. The monoisotopic (exact) mass is 229 g/mol. The molecule has 0 aromatic carbocycles. The number of aromatic nitrogens is 1. The number of hydrogen-bond donors (Lipinski definition) is 1. The van der Waals surface area contributed by atoms with Gasteiger partial charge >= 0.3 is 5.97 Å². The Labute approximate surface area is 78.1 Å². The van der Waals surface area contributed by atoms with Gasteiger partial charge in [-0.25, -0.2) is 0 Å². The minimum atomic E-state index is -0.723. The number of halogens is 1. The van der Waals surface area contributed by atoms with Gasteiger partial charge in [0.2, 0.25) is 0 Å². The Bertz CT molecular complexity index is 332. The van der Waals surface area contributed by atoms with Crippen LogP contribution in [0, 0.1) is 0 Å². The smallest absolute Gasteiger partial charge is 0.312 e. The van der Waals surface area contributed by atoms with Crippen LogP contribution >= 0.6 is 15.9 Å². The zero-order chi connectivity index (χ0) is 8.72. The molecule has 2 heterocycles. The molecule has 0 saturated carbocycles. The highest BCUT2D eigenvalue weighted by molar-refractivity contribution is 9.10. The standard InChI is InChI=1S/C8H8BrNO2/c9-7-2-1-6-5(8(11)12)3-4-10(6)7/h1-2,5H,3-4H2,(H,11,12). The van der Waals surface area contributed by atoms with Crippen molar-refractivity contribution in [2.24, 2.45) is 0 Å². The zero-order valence-electron chi connectivity index (χ0n) is 6.33. The average molecular weight is 230 g/mol. The van der Waals surface area contributed by atoms with E-state index in [1.807, 2.05) is 16.7 Å². The number of rotatable bonds is 1. The van der Waals surface area contributed by atoms with Gasteiger partial charge in [0.1, 0.15) is 0 Å². The molecule has 0 aliphatic carbocycles. The summed E-state index contributed by atoms with van der Waals surface area (Å²) < 4.78 is 2.97. The van der Waals surface area contributed by atoms with Crippen molar-refractivity contribution in [3.8, 4) is 0 Å². The number of carboxylic acids is 1. The third-order valence-electron chi connectivity index (χ3n) is 2.26. The Morgan fingerprint density at radius 3 is 3.08 bits per heavy atom. The molecule has 0 amide bonds. The van der Waals surface area contributed by atoms with Crippen LogP contribution in [0.15, 0.2) is 16.7 Å².